The van der Waals surface area contributed by atoms with Crippen LogP contribution in [0.2, 0.25) is 5.15 Å². The molecule has 5 rings (SSSR count). The number of aromatic nitrogens is 3. The van der Waals surface area contributed by atoms with Crippen LogP contribution < -0.4 is 5.32 Å². The van der Waals surface area contributed by atoms with Gasteiger partial charge in [-0.05, 0) is 60.2 Å². The van der Waals surface area contributed by atoms with E-state index in [4.69, 9.17) is 11.6 Å². The summed E-state index contributed by atoms with van der Waals surface area (Å²) >= 11 is 5.71. The van der Waals surface area contributed by atoms with Gasteiger partial charge in [-0.15, -0.1) is 0 Å². The minimum atomic E-state index is -0.780. The molecule has 2 amide bonds. The predicted molar refractivity (Wildman–Crippen MR) is 130 cm³/mol. The highest BCUT2D eigenvalue weighted by molar-refractivity contribution is 6.29. The van der Waals surface area contributed by atoms with Gasteiger partial charge in [-0.1, -0.05) is 23.7 Å². The minimum Gasteiger partial charge on any atom is -0.348 e. The number of halogens is 2. The topological polar surface area (TPSA) is 79.6 Å². The Balaban J connectivity index is 1.16. The van der Waals surface area contributed by atoms with Gasteiger partial charge in [0.05, 0.1) is 5.56 Å². The summed E-state index contributed by atoms with van der Waals surface area (Å²) in [6.45, 7) is 1.46. The molecule has 0 saturated carbocycles. The summed E-state index contributed by atoms with van der Waals surface area (Å²) < 4.78 is 16.1. The zero-order chi connectivity index (χ0) is 24.4. The molecule has 178 valence electrons. The molecule has 0 spiro atoms. The molecule has 4 heterocycles. The maximum absolute atomic E-state index is 14.2. The van der Waals surface area contributed by atoms with Crippen molar-refractivity contribution >= 4 is 29.1 Å². The van der Waals surface area contributed by atoms with Gasteiger partial charge in [-0.3, -0.25) is 9.59 Å². The van der Waals surface area contributed by atoms with Gasteiger partial charge >= 0.3 is 0 Å². The number of benzene rings is 1. The summed E-state index contributed by atoms with van der Waals surface area (Å²) in [4.78, 5) is 34.9. The number of nitrogens with one attached hydrogen (secondary N) is 1. The zero-order valence-electron chi connectivity index (χ0n) is 18.8. The van der Waals surface area contributed by atoms with Crippen molar-refractivity contribution in [3.8, 4) is 0 Å². The molecule has 1 aliphatic rings. The van der Waals surface area contributed by atoms with E-state index in [1.54, 1.807) is 11.1 Å². The van der Waals surface area contributed by atoms with Crippen molar-refractivity contribution in [2.45, 2.75) is 25.3 Å². The number of amides is 2. The maximum atomic E-state index is 14.2. The van der Waals surface area contributed by atoms with Crippen LogP contribution in [-0.2, 0) is 6.54 Å². The first-order valence-corrected chi connectivity index (χ1v) is 11.8. The molecule has 4 aromatic rings. The Labute approximate surface area is 206 Å². The summed E-state index contributed by atoms with van der Waals surface area (Å²) in [7, 11) is 0. The number of likely N-dealkylation sites (tertiary alicyclic amines) is 1. The van der Waals surface area contributed by atoms with E-state index in [9.17, 15) is 14.0 Å². The number of fused-ring (bicyclic) bond motifs is 1. The second-order valence-corrected chi connectivity index (χ2v) is 8.92. The standard InChI is InChI=1S/C26H23ClFN5O2/c27-24-23(28)21(5-9-30-24)26(35)33-12-7-19(8-13-33)18-1-3-20(4-2-18)25(34)31-16-17-6-11-32-14-10-29-22(32)15-17/h1-6,9-11,14-15,19H,7-8,12-13,16H2,(H,31,34). The van der Waals surface area contributed by atoms with Crippen LogP contribution in [0.3, 0.4) is 0 Å². The molecular formula is C26H23ClFN5O2. The molecule has 0 bridgehead atoms. The number of nitrogens with zero attached hydrogens (tertiary/aromatic N) is 4. The Morgan fingerprint density at radius 1 is 1.03 bits per heavy atom. The van der Waals surface area contributed by atoms with Gasteiger partial charge in [0.1, 0.15) is 5.65 Å². The largest absolute Gasteiger partial charge is 0.348 e. The molecule has 1 aliphatic heterocycles. The lowest BCUT2D eigenvalue weighted by molar-refractivity contribution is 0.0707. The molecule has 0 atom stereocenters. The Morgan fingerprint density at radius 3 is 2.57 bits per heavy atom. The summed E-state index contributed by atoms with van der Waals surface area (Å²) in [5, 5.41) is 2.65. The molecule has 0 radical (unpaired) electrons. The van der Waals surface area contributed by atoms with Crippen molar-refractivity contribution in [2.75, 3.05) is 13.1 Å². The molecule has 7 nitrogen and oxygen atoms in total. The summed E-state index contributed by atoms with van der Waals surface area (Å²) in [5.41, 5.74) is 3.47. The zero-order valence-corrected chi connectivity index (χ0v) is 19.6. The first-order chi connectivity index (χ1) is 17.0. The number of pyridine rings is 2. The van der Waals surface area contributed by atoms with Crippen LogP contribution in [0.15, 0.2) is 67.3 Å². The molecule has 1 aromatic carbocycles. The van der Waals surface area contributed by atoms with Gasteiger partial charge in [0.15, 0.2) is 11.0 Å². The van der Waals surface area contributed by atoms with E-state index in [1.807, 2.05) is 53.2 Å². The first kappa shape index (κ1) is 23.0. The Morgan fingerprint density at radius 2 is 1.80 bits per heavy atom. The first-order valence-electron chi connectivity index (χ1n) is 11.4. The van der Waals surface area contributed by atoms with Crippen LogP contribution in [-0.4, -0.2) is 44.2 Å². The lowest BCUT2D eigenvalue weighted by Crippen LogP contribution is -2.38. The van der Waals surface area contributed by atoms with E-state index in [0.717, 1.165) is 29.6 Å². The molecule has 9 heteroatoms. The molecule has 0 unspecified atom stereocenters. The Kier molecular flexibility index (Phi) is 6.46. The average Bonchev–Trinajstić information content (AvgIpc) is 3.37. The molecule has 1 saturated heterocycles. The van der Waals surface area contributed by atoms with Gasteiger partial charge in [-0.2, -0.15) is 0 Å². The molecular weight excluding hydrogens is 469 g/mol. The van der Waals surface area contributed by atoms with E-state index in [1.165, 1.54) is 12.3 Å². The fraction of sp³-hybridized carbons (Fsp3) is 0.231. The summed E-state index contributed by atoms with van der Waals surface area (Å²) in [5.74, 6) is -1.03. The van der Waals surface area contributed by atoms with E-state index in [0.29, 0.717) is 25.2 Å². The van der Waals surface area contributed by atoms with Crippen molar-refractivity contribution in [3.05, 3.63) is 100 Å². The van der Waals surface area contributed by atoms with Crippen molar-refractivity contribution in [3.63, 3.8) is 0 Å². The van der Waals surface area contributed by atoms with Crippen LogP contribution in [0.4, 0.5) is 4.39 Å². The van der Waals surface area contributed by atoms with Crippen molar-refractivity contribution in [2.24, 2.45) is 0 Å². The SMILES string of the molecule is O=C(NCc1ccn2ccnc2c1)c1ccc(C2CCN(C(=O)c3ccnc(Cl)c3F)CC2)cc1. The molecule has 1 N–H and O–H groups in total. The van der Waals surface area contributed by atoms with Crippen molar-refractivity contribution < 1.29 is 14.0 Å². The van der Waals surface area contributed by atoms with Crippen LogP contribution in [0.5, 0.6) is 0 Å². The number of imidazole rings is 1. The van der Waals surface area contributed by atoms with Gasteiger partial charge in [0, 0.05) is 50.0 Å². The average molecular weight is 492 g/mol. The van der Waals surface area contributed by atoms with Gasteiger partial charge in [0.25, 0.3) is 11.8 Å². The number of carbonyl (C=O) groups is 2. The van der Waals surface area contributed by atoms with Crippen LogP contribution in [0, 0.1) is 5.82 Å². The highest BCUT2D eigenvalue weighted by Crippen LogP contribution is 2.29. The monoisotopic (exact) mass is 491 g/mol. The highest BCUT2D eigenvalue weighted by Gasteiger charge is 2.27. The molecule has 0 aliphatic carbocycles. The molecule has 35 heavy (non-hydrogen) atoms. The molecule has 3 aromatic heterocycles. The van der Waals surface area contributed by atoms with Crippen LogP contribution in [0.25, 0.3) is 5.65 Å². The smallest absolute Gasteiger partial charge is 0.257 e. The van der Waals surface area contributed by atoms with E-state index in [2.05, 4.69) is 15.3 Å². The number of rotatable bonds is 5. The third-order valence-electron chi connectivity index (χ3n) is 6.42. The molecule has 1 fully saturated rings. The lowest BCUT2D eigenvalue weighted by atomic mass is 9.88. The van der Waals surface area contributed by atoms with Crippen LogP contribution >= 0.6 is 11.6 Å². The van der Waals surface area contributed by atoms with Gasteiger partial charge in [-0.25, -0.2) is 14.4 Å². The maximum Gasteiger partial charge on any atom is 0.257 e. The lowest BCUT2D eigenvalue weighted by Gasteiger charge is -2.32. The summed E-state index contributed by atoms with van der Waals surface area (Å²) in [6, 6.07) is 12.8. The number of hydrogen-bond donors (Lipinski definition) is 1. The van der Waals surface area contributed by atoms with Gasteiger partial charge < -0.3 is 14.6 Å². The van der Waals surface area contributed by atoms with Crippen molar-refractivity contribution in [1.29, 1.82) is 0 Å². The number of hydrogen-bond acceptors (Lipinski definition) is 4. The number of piperidine rings is 1. The number of carbonyl (C=O) groups excluding carboxylic acids is 2. The van der Waals surface area contributed by atoms with E-state index >= 15 is 0 Å². The Bertz CT molecular complexity index is 1380. The predicted octanol–water partition coefficient (Wildman–Crippen LogP) is 4.47. The normalized spacial score (nSPS) is 14.3. The summed E-state index contributed by atoms with van der Waals surface area (Å²) in [6.07, 6.45) is 8.37. The van der Waals surface area contributed by atoms with Crippen molar-refractivity contribution in [1.82, 2.24) is 24.6 Å². The fourth-order valence-corrected chi connectivity index (χ4v) is 4.58. The Hall–Kier alpha value is -3.78. The fourth-order valence-electron chi connectivity index (χ4n) is 4.42. The van der Waals surface area contributed by atoms with E-state index in [-0.39, 0.29) is 28.4 Å². The highest BCUT2D eigenvalue weighted by atomic mass is 35.5. The minimum absolute atomic E-state index is 0.0523. The third kappa shape index (κ3) is 4.88. The quantitative estimate of drug-likeness (QED) is 0.418. The van der Waals surface area contributed by atoms with Gasteiger partial charge in [0.2, 0.25) is 0 Å². The second-order valence-electron chi connectivity index (χ2n) is 8.56. The third-order valence-corrected chi connectivity index (χ3v) is 6.68. The van der Waals surface area contributed by atoms with E-state index < -0.39 is 5.82 Å². The second kappa shape index (κ2) is 9.84. The van der Waals surface area contributed by atoms with Crippen LogP contribution in [0.1, 0.15) is 50.6 Å².